The zero-order chi connectivity index (χ0) is 13.7. The maximum atomic E-state index is 8.82. The SMILES string of the molecule is CC(C)CCN(C)c1cccc(Cl)c1C(N)=NO. The molecule has 0 fully saturated rings. The van der Waals surface area contributed by atoms with Crippen molar-refractivity contribution in [1.29, 1.82) is 0 Å². The van der Waals surface area contributed by atoms with E-state index in [0.29, 0.717) is 16.5 Å². The molecule has 1 aromatic carbocycles. The van der Waals surface area contributed by atoms with Crippen LogP contribution in [0.15, 0.2) is 23.4 Å². The van der Waals surface area contributed by atoms with E-state index in [2.05, 4.69) is 23.9 Å². The Morgan fingerprint density at radius 1 is 1.50 bits per heavy atom. The van der Waals surface area contributed by atoms with Crippen LogP contribution in [0, 0.1) is 5.92 Å². The van der Waals surface area contributed by atoms with Crippen LogP contribution in [-0.4, -0.2) is 24.6 Å². The standard InChI is InChI=1S/C13H20ClN3O/c1-9(2)7-8-17(3)11-6-4-5-10(14)12(11)13(15)16-18/h4-6,9,18H,7-8H2,1-3H3,(H2,15,16). The lowest BCUT2D eigenvalue weighted by Gasteiger charge is -2.23. The van der Waals surface area contributed by atoms with E-state index in [-0.39, 0.29) is 5.84 Å². The molecule has 4 nitrogen and oxygen atoms in total. The lowest BCUT2D eigenvalue weighted by atomic mass is 10.1. The number of rotatable bonds is 5. The fraction of sp³-hybridized carbons (Fsp3) is 0.462. The molecular weight excluding hydrogens is 250 g/mol. The van der Waals surface area contributed by atoms with E-state index in [0.717, 1.165) is 18.7 Å². The van der Waals surface area contributed by atoms with Crippen molar-refractivity contribution >= 4 is 23.1 Å². The summed E-state index contributed by atoms with van der Waals surface area (Å²) in [5.41, 5.74) is 7.13. The number of nitrogens with two attached hydrogens (primary N) is 1. The minimum Gasteiger partial charge on any atom is -0.409 e. The quantitative estimate of drug-likeness (QED) is 0.374. The second-order valence-corrected chi connectivity index (χ2v) is 5.13. The molecule has 0 radical (unpaired) electrons. The molecule has 0 aliphatic heterocycles. The Bertz CT molecular complexity index is 432. The van der Waals surface area contributed by atoms with Gasteiger partial charge in [-0.1, -0.05) is 36.7 Å². The van der Waals surface area contributed by atoms with Crippen LogP contribution >= 0.6 is 11.6 Å². The van der Waals surface area contributed by atoms with Crippen molar-refractivity contribution in [2.75, 3.05) is 18.5 Å². The van der Waals surface area contributed by atoms with Gasteiger partial charge in [-0.05, 0) is 24.5 Å². The summed E-state index contributed by atoms with van der Waals surface area (Å²) in [5, 5.41) is 12.3. The first-order valence-electron chi connectivity index (χ1n) is 5.95. The third-order valence-electron chi connectivity index (χ3n) is 2.81. The summed E-state index contributed by atoms with van der Waals surface area (Å²) in [6.45, 7) is 5.25. The smallest absolute Gasteiger partial charge is 0.173 e. The summed E-state index contributed by atoms with van der Waals surface area (Å²) in [6, 6.07) is 5.51. The molecular formula is C13H20ClN3O. The van der Waals surface area contributed by atoms with Crippen LogP contribution in [0.1, 0.15) is 25.8 Å². The van der Waals surface area contributed by atoms with Gasteiger partial charge in [-0.3, -0.25) is 0 Å². The van der Waals surface area contributed by atoms with Crippen molar-refractivity contribution in [3.05, 3.63) is 28.8 Å². The number of benzene rings is 1. The van der Waals surface area contributed by atoms with Gasteiger partial charge in [0.05, 0.1) is 10.6 Å². The highest BCUT2D eigenvalue weighted by atomic mass is 35.5. The molecule has 0 amide bonds. The van der Waals surface area contributed by atoms with E-state index in [1.54, 1.807) is 6.07 Å². The lowest BCUT2D eigenvalue weighted by molar-refractivity contribution is 0.318. The molecule has 0 atom stereocenters. The highest BCUT2D eigenvalue weighted by Gasteiger charge is 2.14. The fourth-order valence-electron chi connectivity index (χ4n) is 1.71. The highest BCUT2D eigenvalue weighted by molar-refractivity contribution is 6.34. The summed E-state index contributed by atoms with van der Waals surface area (Å²) in [7, 11) is 1.97. The Morgan fingerprint density at radius 3 is 2.72 bits per heavy atom. The van der Waals surface area contributed by atoms with E-state index in [9.17, 15) is 0 Å². The third-order valence-corrected chi connectivity index (χ3v) is 3.12. The molecule has 0 aliphatic rings. The van der Waals surface area contributed by atoms with Gasteiger partial charge >= 0.3 is 0 Å². The van der Waals surface area contributed by atoms with E-state index >= 15 is 0 Å². The minimum atomic E-state index is 0.0343. The van der Waals surface area contributed by atoms with Crippen LogP contribution in [0.3, 0.4) is 0 Å². The normalized spacial score (nSPS) is 11.9. The van der Waals surface area contributed by atoms with E-state index in [1.165, 1.54) is 0 Å². The second-order valence-electron chi connectivity index (χ2n) is 4.72. The number of hydrogen-bond acceptors (Lipinski definition) is 3. The summed E-state index contributed by atoms with van der Waals surface area (Å²) in [6.07, 6.45) is 1.07. The van der Waals surface area contributed by atoms with Crippen molar-refractivity contribution in [2.45, 2.75) is 20.3 Å². The number of amidine groups is 1. The first-order chi connectivity index (χ1) is 8.47. The molecule has 0 unspecified atom stereocenters. The number of oxime groups is 1. The largest absolute Gasteiger partial charge is 0.409 e. The van der Waals surface area contributed by atoms with Gasteiger partial charge in [-0.15, -0.1) is 0 Å². The van der Waals surface area contributed by atoms with Crippen molar-refractivity contribution in [1.82, 2.24) is 0 Å². The Morgan fingerprint density at radius 2 is 2.17 bits per heavy atom. The van der Waals surface area contributed by atoms with Crippen molar-refractivity contribution in [3.63, 3.8) is 0 Å². The van der Waals surface area contributed by atoms with Crippen molar-refractivity contribution in [2.24, 2.45) is 16.8 Å². The number of anilines is 1. The van der Waals surface area contributed by atoms with E-state index < -0.39 is 0 Å². The van der Waals surface area contributed by atoms with Crippen LogP contribution in [-0.2, 0) is 0 Å². The monoisotopic (exact) mass is 269 g/mol. The van der Waals surface area contributed by atoms with Crippen LogP contribution in [0.5, 0.6) is 0 Å². The zero-order valence-electron chi connectivity index (χ0n) is 11.0. The predicted molar refractivity (Wildman–Crippen MR) is 76.7 cm³/mol. The molecule has 100 valence electrons. The molecule has 18 heavy (non-hydrogen) atoms. The number of halogens is 1. The first kappa shape index (κ1) is 14.6. The molecule has 5 heteroatoms. The van der Waals surface area contributed by atoms with Gasteiger partial charge in [0.2, 0.25) is 0 Å². The van der Waals surface area contributed by atoms with Gasteiger partial charge in [-0.2, -0.15) is 0 Å². The predicted octanol–water partition coefficient (Wildman–Crippen LogP) is 2.92. The molecule has 3 N–H and O–H groups in total. The van der Waals surface area contributed by atoms with E-state index in [1.807, 2.05) is 19.2 Å². The molecule has 0 aromatic heterocycles. The first-order valence-corrected chi connectivity index (χ1v) is 6.32. The molecule has 0 saturated carbocycles. The number of hydrogen-bond donors (Lipinski definition) is 2. The maximum Gasteiger partial charge on any atom is 0.173 e. The Kier molecular flexibility index (Phi) is 5.28. The minimum absolute atomic E-state index is 0.0343. The second kappa shape index (κ2) is 6.50. The molecule has 0 saturated heterocycles. The average Bonchev–Trinajstić information content (AvgIpc) is 2.34. The molecule has 0 aliphatic carbocycles. The van der Waals surface area contributed by atoms with Gasteiger partial charge in [0, 0.05) is 19.3 Å². The van der Waals surface area contributed by atoms with Crippen LogP contribution < -0.4 is 10.6 Å². The van der Waals surface area contributed by atoms with Gasteiger partial charge in [0.25, 0.3) is 0 Å². The van der Waals surface area contributed by atoms with Crippen LogP contribution in [0.25, 0.3) is 0 Å². The van der Waals surface area contributed by atoms with E-state index in [4.69, 9.17) is 22.5 Å². The van der Waals surface area contributed by atoms with Gasteiger partial charge < -0.3 is 15.8 Å². The Hall–Kier alpha value is -1.42. The molecule has 1 aromatic rings. The van der Waals surface area contributed by atoms with Gasteiger partial charge in [0.15, 0.2) is 5.84 Å². The zero-order valence-corrected chi connectivity index (χ0v) is 11.8. The summed E-state index contributed by atoms with van der Waals surface area (Å²) < 4.78 is 0. The summed E-state index contributed by atoms with van der Waals surface area (Å²) in [5.74, 6) is 0.658. The van der Waals surface area contributed by atoms with Crippen LogP contribution in [0.2, 0.25) is 5.02 Å². The van der Waals surface area contributed by atoms with Crippen molar-refractivity contribution in [3.8, 4) is 0 Å². The average molecular weight is 270 g/mol. The third kappa shape index (κ3) is 3.53. The molecule has 0 bridgehead atoms. The maximum absolute atomic E-state index is 8.82. The topological polar surface area (TPSA) is 61.8 Å². The van der Waals surface area contributed by atoms with Crippen LogP contribution in [0.4, 0.5) is 5.69 Å². The summed E-state index contributed by atoms with van der Waals surface area (Å²) >= 11 is 6.11. The summed E-state index contributed by atoms with van der Waals surface area (Å²) in [4.78, 5) is 2.07. The highest BCUT2D eigenvalue weighted by Crippen LogP contribution is 2.27. The van der Waals surface area contributed by atoms with Gasteiger partial charge in [-0.25, -0.2) is 0 Å². The van der Waals surface area contributed by atoms with Gasteiger partial charge in [0.1, 0.15) is 0 Å². The Labute approximate surface area is 113 Å². The van der Waals surface area contributed by atoms with Crippen molar-refractivity contribution < 1.29 is 5.21 Å². The number of nitrogens with zero attached hydrogens (tertiary/aromatic N) is 2. The Balaban J connectivity index is 3.04. The molecule has 0 heterocycles. The molecule has 0 spiro atoms. The fourth-order valence-corrected chi connectivity index (χ4v) is 1.97. The molecule has 1 rings (SSSR count). The lowest BCUT2D eigenvalue weighted by Crippen LogP contribution is -2.25.